The summed E-state index contributed by atoms with van der Waals surface area (Å²) in [5, 5.41) is 4.83. The fourth-order valence-electron chi connectivity index (χ4n) is 3.13. The summed E-state index contributed by atoms with van der Waals surface area (Å²) in [6.07, 6.45) is 4.29. The van der Waals surface area contributed by atoms with Crippen molar-refractivity contribution in [2.75, 3.05) is 32.1 Å². The summed E-state index contributed by atoms with van der Waals surface area (Å²) in [6.45, 7) is 12.3. The number of aromatic nitrogens is 1. The van der Waals surface area contributed by atoms with Gasteiger partial charge in [-0.3, -0.25) is 4.98 Å². The Morgan fingerprint density at radius 2 is 2.00 bits per heavy atom. The maximum absolute atomic E-state index is 5.45. The number of nitrogens with zero attached hydrogens (tertiary/aromatic N) is 2. The number of para-hydroxylation sites is 1. The van der Waals surface area contributed by atoms with Crippen molar-refractivity contribution in [2.24, 2.45) is 0 Å². The topological polar surface area (TPSA) is 37.4 Å². The summed E-state index contributed by atoms with van der Waals surface area (Å²) in [5.74, 6) is 0.824. The molecule has 1 atom stereocenters. The number of fused-ring (bicyclic) bond motifs is 1. The van der Waals surface area contributed by atoms with Gasteiger partial charge in [0.15, 0.2) is 0 Å². The second kappa shape index (κ2) is 8.88. The van der Waals surface area contributed by atoms with E-state index in [-0.39, 0.29) is 0 Å². The Labute approximate surface area is 146 Å². The summed E-state index contributed by atoms with van der Waals surface area (Å²) < 4.78 is 5.45. The number of benzene rings is 1. The predicted octanol–water partition coefficient (Wildman–Crippen LogP) is 4.47. The largest absolute Gasteiger partial charge is 0.494 e. The molecule has 24 heavy (non-hydrogen) atoms. The van der Waals surface area contributed by atoms with E-state index in [4.69, 9.17) is 4.74 Å². The van der Waals surface area contributed by atoms with Crippen LogP contribution in [0, 0.1) is 6.92 Å². The lowest BCUT2D eigenvalue weighted by Crippen LogP contribution is -2.25. The summed E-state index contributed by atoms with van der Waals surface area (Å²) in [6, 6.07) is 6.53. The van der Waals surface area contributed by atoms with E-state index in [1.54, 1.807) is 7.11 Å². The molecule has 0 aliphatic heterocycles. The van der Waals surface area contributed by atoms with Gasteiger partial charge in [0.05, 0.1) is 7.11 Å². The van der Waals surface area contributed by atoms with Crippen molar-refractivity contribution in [2.45, 2.75) is 46.6 Å². The van der Waals surface area contributed by atoms with Gasteiger partial charge in [-0.05, 0) is 58.0 Å². The van der Waals surface area contributed by atoms with Crippen molar-refractivity contribution >= 4 is 16.6 Å². The Bertz CT molecular complexity index is 653. The lowest BCUT2D eigenvalue weighted by atomic mass is 10.1. The van der Waals surface area contributed by atoms with Gasteiger partial charge < -0.3 is 15.0 Å². The van der Waals surface area contributed by atoms with Crippen molar-refractivity contribution < 1.29 is 4.74 Å². The van der Waals surface area contributed by atoms with Crippen molar-refractivity contribution in [1.82, 2.24) is 9.88 Å². The smallest absolute Gasteiger partial charge is 0.145 e. The van der Waals surface area contributed by atoms with Crippen molar-refractivity contribution in [1.29, 1.82) is 0 Å². The quantitative estimate of drug-likeness (QED) is 0.736. The van der Waals surface area contributed by atoms with E-state index in [0.717, 1.165) is 36.2 Å². The first kappa shape index (κ1) is 18.5. The van der Waals surface area contributed by atoms with Gasteiger partial charge >= 0.3 is 0 Å². The van der Waals surface area contributed by atoms with E-state index in [1.165, 1.54) is 24.2 Å². The average Bonchev–Trinajstić information content (AvgIpc) is 2.60. The fourth-order valence-corrected chi connectivity index (χ4v) is 3.13. The van der Waals surface area contributed by atoms with Gasteiger partial charge in [0.1, 0.15) is 11.3 Å². The van der Waals surface area contributed by atoms with E-state index in [9.17, 15) is 0 Å². The molecule has 1 aromatic carbocycles. The molecule has 4 heteroatoms. The maximum Gasteiger partial charge on any atom is 0.145 e. The standard InChI is InChI=1S/C20H31N3O/c1-6-23(7-2)13-9-10-16(4)22-19-15(3)14-21-20-17(19)11-8-12-18(20)24-5/h8,11-12,14,16H,6-7,9-10,13H2,1-5H3,(H,21,22)/t16-/m0/s1. The molecule has 0 saturated heterocycles. The Balaban J connectivity index is 2.10. The lowest BCUT2D eigenvalue weighted by molar-refractivity contribution is 0.295. The number of pyridine rings is 1. The minimum Gasteiger partial charge on any atom is -0.494 e. The molecule has 0 aliphatic carbocycles. The molecule has 1 aromatic heterocycles. The third-order valence-electron chi connectivity index (χ3n) is 4.67. The zero-order chi connectivity index (χ0) is 17.5. The van der Waals surface area contributed by atoms with Gasteiger partial charge in [-0.15, -0.1) is 0 Å². The van der Waals surface area contributed by atoms with Crippen LogP contribution in [0.4, 0.5) is 5.69 Å². The monoisotopic (exact) mass is 329 g/mol. The van der Waals surface area contributed by atoms with Gasteiger partial charge in [0.2, 0.25) is 0 Å². The Morgan fingerprint density at radius 3 is 2.67 bits per heavy atom. The molecule has 132 valence electrons. The van der Waals surface area contributed by atoms with E-state index >= 15 is 0 Å². The maximum atomic E-state index is 5.45. The third-order valence-corrected chi connectivity index (χ3v) is 4.67. The van der Waals surface area contributed by atoms with Crippen molar-refractivity contribution in [3.05, 3.63) is 30.0 Å². The highest BCUT2D eigenvalue weighted by molar-refractivity contribution is 5.96. The molecule has 1 N–H and O–H groups in total. The number of rotatable bonds is 9. The first-order valence-corrected chi connectivity index (χ1v) is 9.01. The Hall–Kier alpha value is -1.81. The first-order valence-electron chi connectivity index (χ1n) is 9.01. The summed E-state index contributed by atoms with van der Waals surface area (Å²) >= 11 is 0. The van der Waals surface area contributed by atoms with Crippen LogP contribution in [0.3, 0.4) is 0 Å². The van der Waals surface area contributed by atoms with Crippen LogP contribution < -0.4 is 10.1 Å². The van der Waals surface area contributed by atoms with Crippen LogP contribution in [0.2, 0.25) is 0 Å². The number of nitrogens with one attached hydrogen (secondary N) is 1. The zero-order valence-electron chi connectivity index (χ0n) is 15.7. The Morgan fingerprint density at radius 1 is 1.25 bits per heavy atom. The van der Waals surface area contributed by atoms with Crippen LogP contribution in [0.5, 0.6) is 5.75 Å². The molecular formula is C20H31N3O. The van der Waals surface area contributed by atoms with Gasteiger partial charge in [-0.25, -0.2) is 0 Å². The molecule has 0 spiro atoms. The predicted molar refractivity (Wildman–Crippen MR) is 103 cm³/mol. The SMILES string of the molecule is CCN(CC)CCC[C@H](C)Nc1c(C)cnc2c(OC)cccc12. The lowest BCUT2D eigenvalue weighted by Gasteiger charge is -2.22. The molecule has 4 nitrogen and oxygen atoms in total. The summed E-state index contributed by atoms with van der Waals surface area (Å²) in [4.78, 5) is 7.03. The number of hydrogen-bond donors (Lipinski definition) is 1. The molecule has 0 amide bonds. The second-order valence-corrected chi connectivity index (χ2v) is 6.39. The van der Waals surface area contributed by atoms with E-state index in [2.05, 4.69) is 49.0 Å². The van der Waals surface area contributed by atoms with Gasteiger partial charge in [0.25, 0.3) is 0 Å². The molecule has 1 heterocycles. The minimum atomic E-state index is 0.427. The van der Waals surface area contributed by atoms with Crippen LogP contribution in [0.25, 0.3) is 10.9 Å². The van der Waals surface area contributed by atoms with E-state index in [1.807, 2.05) is 18.3 Å². The minimum absolute atomic E-state index is 0.427. The second-order valence-electron chi connectivity index (χ2n) is 6.39. The number of methoxy groups -OCH3 is 1. The highest BCUT2D eigenvalue weighted by Crippen LogP contribution is 2.31. The average molecular weight is 329 g/mol. The van der Waals surface area contributed by atoms with Crippen LogP contribution in [-0.2, 0) is 0 Å². The van der Waals surface area contributed by atoms with Gasteiger partial charge in [-0.2, -0.15) is 0 Å². The third kappa shape index (κ3) is 4.38. The molecule has 0 aliphatic rings. The molecule has 0 saturated carbocycles. The Kier molecular flexibility index (Phi) is 6.85. The number of anilines is 1. The van der Waals surface area contributed by atoms with Crippen LogP contribution in [0.15, 0.2) is 24.4 Å². The molecule has 0 fully saturated rings. The first-order chi connectivity index (χ1) is 11.6. The molecule has 0 unspecified atom stereocenters. The molecule has 2 aromatic rings. The van der Waals surface area contributed by atoms with Crippen molar-refractivity contribution in [3.8, 4) is 5.75 Å². The molecule has 2 rings (SSSR count). The number of ether oxygens (including phenoxy) is 1. The highest BCUT2D eigenvalue weighted by Gasteiger charge is 2.12. The summed E-state index contributed by atoms with van der Waals surface area (Å²) in [5.41, 5.74) is 3.27. The number of aryl methyl sites for hydroxylation is 1. The molecule has 0 radical (unpaired) electrons. The molecule has 0 bridgehead atoms. The fraction of sp³-hybridized carbons (Fsp3) is 0.550. The van der Waals surface area contributed by atoms with Crippen LogP contribution in [0.1, 0.15) is 39.2 Å². The van der Waals surface area contributed by atoms with Gasteiger partial charge in [0, 0.05) is 23.3 Å². The summed E-state index contributed by atoms with van der Waals surface area (Å²) in [7, 11) is 1.69. The normalized spacial score (nSPS) is 12.6. The highest BCUT2D eigenvalue weighted by atomic mass is 16.5. The van der Waals surface area contributed by atoms with E-state index < -0.39 is 0 Å². The number of hydrogen-bond acceptors (Lipinski definition) is 4. The molecular weight excluding hydrogens is 298 g/mol. The van der Waals surface area contributed by atoms with Gasteiger partial charge in [-0.1, -0.05) is 26.0 Å². The van der Waals surface area contributed by atoms with Crippen molar-refractivity contribution in [3.63, 3.8) is 0 Å². The van der Waals surface area contributed by atoms with Crippen LogP contribution in [-0.4, -0.2) is 42.7 Å². The van der Waals surface area contributed by atoms with E-state index in [0.29, 0.717) is 6.04 Å². The zero-order valence-corrected chi connectivity index (χ0v) is 15.7. The van der Waals surface area contributed by atoms with Crippen LogP contribution >= 0.6 is 0 Å².